The van der Waals surface area contributed by atoms with Crippen LogP contribution in [0.5, 0.6) is 0 Å². The molecular formula is C16H32N2O2. The van der Waals surface area contributed by atoms with E-state index in [1.54, 1.807) is 0 Å². The minimum Gasteiger partial charge on any atom is -0.394 e. The predicted molar refractivity (Wildman–Crippen MR) is 82.0 cm³/mol. The van der Waals surface area contributed by atoms with Gasteiger partial charge in [0.15, 0.2) is 0 Å². The molecule has 0 aromatic rings. The van der Waals surface area contributed by atoms with Crippen molar-refractivity contribution in [3.8, 4) is 0 Å². The standard InChI is InChI=1S/C16H32N2O2/c19-13-15-20-14-12-17-8-10-18(11-9-17)16-6-4-2-1-3-5-7-16/h16,19H,1-15H2. The van der Waals surface area contributed by atoms with Crippen LogP contribution in [0.15, 0.2) is 0 Å². The van der Waals surface area contributed by atoms with Gasteiger partial charge in [0.2, 0.25) is 0 Å². The number of rotatable bonds is 6. The summed E-state index contributed by atoms with van der Waals surface area (Å²) in [5.41, 5.74) is 0. The van der Waals surface area contributed by atoms with E-state index in [-0.39, 0.29) is 6.61 Å². The molecule has 118 valence electrons. The maximum Gasteiger partial charge on any atom is 0.0698 e. The maximum atomic E-state index is 8.68. The lowest BCUT2D eigenvalue weighted by Gasteiger charge is -2.40. The molecule has 0 unspecified atom stereocenters. The summed E-state index contributed by atoms with van der Waals surface area (Å²) >= 11 is 0. The number of piperazine rings is 1. The third kappa shape index (κ3) is 5.68. The second-order valence-electron chi connectivity index (χ2n) is 6.21. The molecule has 0 atom stereocenters. The summed E-state index contributed by atoms with van der Waals surface area (Å²) in [5, 5.41) is 8.68. The zero-order chi connectivity index (χ0) is 14.0. The van der Waals surface area contributed by atoms with E-state index in [0.29, 0.717) is 6.61 Å². The van der Waals surface area contributed by atoms with Gasteiger partial charge in [-0.1, -0.05) is 32.1 Å². The zero-order valence-corrected chi connectivity index (χ0v) is 12.9. The molecule has 0 radical (unpaired) electrons. The number of aliphatic hydroxyl groups excluding tert-OH is 1. The maximum absolute atomic E-state index is 8.68. The highest BCUT2D eigenvalue weighted by Gasteiger charge is 2.23. The van der Waals surface area contributed by atoms with E-state index in [1.165, 1.54) is 71.1 Å². The smallest absolute Gasteiger partial charge is 0.0698 e. The van der Waals surface area contributed by atoms with E-state index < -0.39 is 0 Å². The SMILES string of the molecule is OCCOCCN1CCN(C2CCCCCCC2)CC1. The van der Waals surface area contributed by atoms with Crippen molar-refractivity contribution in [1.29, 1.82) is 0 Å². The molecule has 0 amide bonds. The number of nitrogens with zero attached hydrogens (tertiary/aromatic N) is 2. The van der Waals surface area contributed by atoms with E-state index >= 15 is 0 Å². The molecule has 4 nitrogen and oxygen atoms in total. The first-order chi connectivity index (χ1) is 9.90. The summed E-state index contributed by atoms with van der Waals surface area (Å²) in [6, 6.07) is 0.850. The van der Waals surface area contributed by atoms with Crippen LogP contribution in [0.1, 0.15) is 44.9 Å². The largest absolute Gasteiger partial charge is 0.394 e. The van der Waals surface area contributed by atoms with Crippen molar-refractivity contribution in [1.82, 2.24) is 9.80 Å². The molecule has 0 spiro atoms. The molecule has 1 saturated heterocycles. The minimum atomic E-state index is 0.134. The fraction of sp³-hybridized carbons (Fsp3) is 1.00. The van der Waals surface area contributed by atoms with Gasteiger partial charge in [-0.25, -0.2) is 0 Å². The average Bonchev–Trinajstić information content (AvgIpc) is 2.44. The number of hydrogen-bond acceptors (Lipinski definition) is 4. The van der Waals surface area contributed by atoms with Gasteiger partial charge in [0.1, 0.15) is 0 Å². The van der Waals surface area contributed by atoms with Crippen molar-refractivity contribution in [2.24, 2.45) is 0 Å². The van der Waals surface area contributed by atoms with E-state index in [9.17, 15) is 0 Å². The second-order valence-corrected chi connectivity index (χ2v) is 6.21. The topological polar surface area (TPSA) is 35.9 Å². The number of hydrogen-bond donors (Lipinski definition) is 1. The van der Waals surface area contributed by atoms with Crippen molar-refractivity contribution in [3.05, 3.63) is 0 Å². The lowest BCUT2D eigenvalue weighted by molar-refractivity contribution is 0.0447. The second kappa shape index (κ2) is 9.72. The minimum absolute atomic E-state index is 0.134. The molecule has 2 rings (SSSR count). The van der Waals surface area contributed by atoms with E-state index in [0.717, 1.165) is 19.2 Å². The number of ether oxygens (including phenoxy) is 1. The van der Waals surface area contributed by atoms with Gasteiger partial charge in [0.05, 0.1) is 19.8 Å². The van der Waals surface area contributed by atoms with Gasteiger partial charge in [-0.3, -0.25) is 9.80 Å². The molecule has 2 fully saturated rings. The third-order valence-electron chi connectivity index (χ3n) is 4.79. The lowest BCUT2D eigenvalue weighted by Crippen LogP contribution is -2.51. The van der Waals surface area contributed by atoms with Crippen LogP contribution in [-0.2, 0) is 4.74 Å². The molecule has 4 heteroatoms. The molecule has 0 aromatic heterocycles. The summed E-state index contributed by atoms with van der Waals surface area (Å²) in [7, 11) is 0. The highest BCUT2D eigenvalue weighted by atomic mass is 16.5. The van der Waals surface area contributed by atoms with Crippen LogP contribution < -0.4 is 0 Å². The quantitative estimate of drug-likeness (QED) is 0.754. The summed E-state index contributed by atoms with van der Waals surface area (Å²) in [5.74, 6) is 0. The molecule has 0 aromatic carbocycles. The molecule has 1 N–H and O–H groups in total. The fourth-order valence-electron chi connectivity index (χ4n) is 3.51. The van der Waals surface area contributed by atoms with Gasteiger partial charge < -0.3 is 9.84 Å². The summed E-state index contributed by atoms with van der Waals surface area (Å²) in [6.07, 6.45) is 10.0. The Bertz CT molecular complexity index is 235. The van der Waals surface area contributed by atoms with Crippen molar-refractivity contribution >= 4 is 0 Å². The third-order valence-corrected chi connectivity index (χ3v) is 4.79. The Kier molecular flexibility index (Phi) is 7.88. The van der Waals surface area contributed by atoms with E-state index in [2.05, 4.69) is 9.80 Å². The Morgan fingerprint density at radius 1 is 0.850 bits per heavy atom. The highest BCUT2D eigenvalue weighted by Crippen LogP contribution is 2.22. The van der Waals surface area contributed by atoms with Crippen LogP contribution in [0, 0.1) is 0 Å². The first kappa shape index (κ1) is 16.2. The predicted octanol–water partition coefficient (Wildman–Crippen LogP) is 1.73. The Balaban J connectivity index is 1.62. The van der Waals surface area contributed by atoms with Crippen molar-refractivity contribution in [2.75, 3.05) is 52.5 Å². The van der Waals surface area contributed by atoms with E-state index in [1.807, 2.05) is 0 Å². The number of aliphatic hydroxyl groups is 1. The van der Waals surface area contributed by atoms with Crippen LogP contribution in [0.3, 0.4) is 0 Å². The average molecular weight is 284 g/mol. The molecule has 1 aliphatic heterocycles. The van der Waals surface area contributed by atoms with Gasteiger partial charge in [0.25, 0.3) is 0 Å². The van der Waals surface area contributed by atoms with Crippen LogP contribution in [0.4, 0.5) is 0 Å². The zero-order valence-electron chi connectivity index (χ0n) is 12.9. The molecule has 2 aliphatic rings. The summed E-state index contributed by atoms with van der Waals surface area (Å²) in [4.78, 5) is 5.23. The first-order valence-electron chi connectivity index (χ1n) is 8.55. The highest BCUT2D eigenvalue weighted by molar-refractivity contribution is 4.79. The van der Waals surface area contributed by atoms with Crippen LogP contribution in [-0.4, -0.2) is 73.5 Å². The Labute approximate surface area is 124 Å². The van der Waals surface area contributed by atoms with Crippen LogP contribution >= 0.6 is 0 Å². The van der Waals surface area contributed by atoms with Crippen molar-refractivity contribution in [2.45, 2.75) is 51.0 Å². The van der Waals surface area contributed by atoms with Gasteiger partial charge in [0, 0.05) is 38.8 Å². The Morgan fingerprint density at radius 3 is 2.15 bits per heavy atom. The molecule has 1 heterocycles. The normalized spacial score (nSPS) is 24.4. The molecule has 1 aliphatic carbocycles. The van der Waals surface area contributed by atoms with E-state index in [4.69, 9.17) is 9.84 Å². The Morgan fingerprint density at radius 2 is 1.50 bits per heavy atom. The molecular weight excluding hydrogens is 252 g/mol. The molecule has 20 heavy (non-hydrogen) atoms. The van der Waals surface area contributed by atoms with Crippen LogP contribution in [0.2, 0.25) is 0 Å². The summed E-state index contributed by atoms with van der Waals surface area (Å²) < 4.78 is 5.35. The molecule has 0 bridgehead atoms. The Hall–Kier alpha value is -0.160. The van der Waals surface area contributed by atoms with Crippen molar-refractivity contribution in [3.63, 3.8) is 0 Å². The monoisotopic (exact) mass is 284 g/mol. The summed E-state index contributed by atoms with van der Waals surface area (Å²) in [6.45, 7) is 7.19. The van der Waals surface area contributed by atoms with Gasteiger partial charge in [-0.15, -0.1) is 0 Å². The van der Waals surface area contributed by atoms with Gasteiger partial charge >= 0.3 is 0 Å². The van der Waals surface area contributed by atoms with Crippen LogP contribution in [0.25, 0.3) is 0 Å². The first-order valence-corrected chi connectivity index (χ1v) is 8.55. The lowest BCUT2D eigenvalue weighted by atomic mass is 9.95. The van der Waals surface area contributed by atoms with Gasteiger partial charge in [-0.2, -0.15) is 0 Å². The van der Waals surface area contributed by atoms with Crippen molar-refractivity contribution < 1.29 is 9.84 Å². The van der Waals surface area contributed by atoms with Gasteiger partial charge in [-0.05, 0) is 12.8 Å². The fourth-order valence-corrected chi connectivity index (χ4v) is 3.51. The molecule has 1 saturated carbocycles.